The number of benzene rings is 1. The van der Waals surface area contributed by atoms with Gasteiger partial charge in [-0.1, -0.05) is 45.0 Å². The molecule has 1 aromatic carbocycles. The first-order chi connectivity index (χ1) is 8.50. The largest absolute Gasteiger partial charge is 0.240 e. The summed E-state index contributed by atoms with van der Waals surface area (Å²) >= 11 is 5.75. The van der Waals surface area contributed by atoms with E-state index in [9.17, 15) is 0 Å². The normalized spacial score (nSPS) is 11.6. The molecule has 1 aromatic heterocycles. The van der Waals surface area contributed by atoms with Gasteiger partial charge in [-0.15, -0.1) is 11.6 Å². The Morgan fingerprint density at radius 3 is 2.28 bits per heavy atom. The summed E-state index contributed by atoms with van der Waals surface area (Å²) in [6.45, 7) is 6.62. The monoisotopic (exact) mass is 260 g/mol. The molecule has 0 spiro atoms. The number of aromatic nitrogens is 2. The van der Waals surface area contributed by atoms with Crippen LogP contribution < -0.4 is 0 Å². The van der Waals surface area contributed by atoms with Crippen molar-refractivity contribution in [3.05, 3.63) is 47.9 Å². The van der Waals surface area contributed by atoms with Crippen molar-refractivity contribution in [3.63, 3.8) is 0 Å². The van der Waals surface area contributed by atoms with Crippen LogP contribution in [0.25, 0.3) is 11.3 Å². The molecule has 3 heteroatoms. The van der Waals surface area contributed by atoms with E-state index in [1.807, 2.05) is 6.07 Å². The first kappa shape index (κ1) is 13.0. The van der Waals surface area contributed by atoms with Crippen molar-refractivity contribution in [2.75, 3.05) is 0 Å². The van der Waals surface area contributed by atoms with Crippen molar-refractivity contribution in [2.45, 2.75) is 32.1 Å². The fourth-order valence-corrected chi connectivity index (χ4v) is 1.89. The van der Waals surface area contributed by atoms with Crippen LogP contribution in [0.2, 0.25) is 0 Å². The minimum absolute atomic E-state index is 0.172. The highest BCUT2D eigenvalue weighted by Gasteiger charge is 2.13. The van der Waals surface area contributed by atoms with Gasteiger partial charge in [0.1, 0.15) is 5.82 Å². The molecule has 0 fully saturated rings. The summed E-state index contributed by atoms with van der Waals surface area (Å²) < 4.78 is 0. The van der Waals surface area contributed by atoms with Gasteiger partial charge >= 0.3 is 0 Å². The second-order valence-electron chi connectivity index (χ2n) is 5.32. The van der Waals surface area contributed by atoms with Gasteiger partial charge in [0, 0.05) is 11.8 Å². The van der Waals surface area contributed by atoms with E-state index in [2.05, 4.69) is 55.0 Å². The van der Waals surface area contributed by atoms with E-state index in [0.717, 1.165) is 11.3 Å². The predicted molar refractivity (Wildman–Crippen MR) is 75.7 cm³/mol. The first-order valence-electron chi connectivity index (χ1n) is 5.99. The maximum absolute atomic E-state index is 5.75. The summed E-state index contributed by atoms with van der Waals surface area (Å²) in [5.74, 6) is 1.00. The van der Waals surface area contributed by atoms with Crippen LogP contribution in [-0.2, 0) is 11.3 Å². The molecule has 0 unspecified atom stereocenters. The Balaban J connectivity index is 2.34. The van der Waals surface area contributed by atoms with Crippen LogP contribution in [0.3, 0.4) is 0 Å². The molecule has 0 saturated carbocycles. The molecule has 0 atom stereocenters. The summed E-state index contributed by atoms with van der Waals surface area (Å²) in [6, 6.07) is 10.4. The highest BCUT2D eigenvalue weighted by atomic mass is 35.5. The standard InChI is InChI=1S/C15H17ClN2/c1-15(2,3)12-6-4-11(5-7-12)13-8-9-17-14(10-16)18-13/h4-9H,10H2,1-3H3. The van der Waals surface area contributed by atoms with Crippen molar-refractivity contribution in [1.29, 1.82) is 0 Å². The lowest BCUT2D eigenvalue weighted by Crippen LogP contribution is -2.10. The van der Waals surface area contributed by atoms with Gasteiger partial charge in [-0.2, -0.15) is 0 Å². The third-order valence-electron chi connectivity index (χ3n) is 2.87. The van der Waals surface area contributed by atoms with Crippen LogP contribution in [-0.4, -0.2) is 9.97 Å². The minimum atomic E-state index is 0.172. The second kappa shape index (κ2) is 5.07. The molecule has 18 heavy (non-hydrogen) atoms. The lowest BCUT2D eigenvalue weighted by Gasteiger charge is -2.19. The van der Waals surface area contributed by atoms with E-state index in [4.69, 9.17) is 11.6 Å². The summed E-state index contributed by atoms with van der Waals surface area (Å²) in [6.07, 6.45) is 1.75. The molecule has 0 N–H and O–H groups in total. The lowest BCUT2D eigenvalue weighted by molar-refractivity contribution is 0.590. The summed E-state index contributed by atoms with van der Waals surface area (Å²) in [4.78, 5) is 8.51. The average Bonchev–Trinajstić information content (AvgIpc) is 2.38. The topological polar surface area (TPSA) is 25.8 Å². The quantitative estimate of drug-likeness (QED) is 0.757. The van der Waals surface area contributed by atoms with Crippen molar-refractivity contribution in [3.8, 4) is 11.3 Å². The molecule has 0 amide bonds. The first-order valence-corrected chi connectivity index (χ1v) is 6.53. The number of hydrogen-bond acceptors (Lipinski definition) is 2. The average molecular weight is 261 g/mol. The fourth-order valence-electron chi connectivity index (χ4n) is 1.77. The van der Waals surface area contributed by atoms with Crippen molar-refractivity contribution in [2.24, 2.45) is 0 Å². The molecule has 0 radical (unpaired) electrons. The predicted octanol–water partition coefficient (Wildman–Crippen LogP) is 4.18. The van der Waals surface area contributed by atoms with Gasteiger partial charge in [0.25, 0.3) is 0 Å². The number of alkyl halides is 1. The van der Waals surface area contributed by atoms with Crippen molar-refractivity contribution >= 4 is 11.6 Å². The lowest BCUT2D eigenvalue weighted by atomic mass is 9.86. The molecule has 0 aliphatic rings. The molecule has 94 valence electrons. The number of halogens is 1. The van der Waals surface area contributed by atoms with Gasteiger partial charge in [-0.3, -0.25) is 0 Å². The number of nitrogens with zero attached hydrogens (tertiary/aromatic N) is 2. The van der Waals surface area contributed by atoms with E-state index in [1.54, 1.807) is 6.20 Å². The Bertz CT molecular complexity index is 527. The minimum Gasteiger partial charge on any atom is -0.240 e. The number of rotatable bonds is 2. The van der Waals surface area contributed by atoms with Crippen LogP contribution in [0.1, 0.15) is 32.2 Å². The van der Waals surface area contributed by atoms with Crippen molar-refractivity contribution in [1.82, 2.24) is 9.97 Å². The molecule has 0 saturated heterocycles. The Labute approximate surface area is 113 Å². The third-order valence-corrected chi connectivity index (χ3v) is 3.11. The van der Waals surface area contributed by atoms with Gasteiger partial charge in [0.15, 0.2) is 0 Å². The van der Waals surface area contributed by atoms with Gasteiger partial charge in [0.2, 0.25) is 0 Å². The zero-order valence-corrected chi connectivity index (χ0v) is 11.7. The van der Waals surface area contributed by atoms with E-state index in [1.165, 1.54) is 5.56 Å². The van der Waals surface area contributed by atoms with E-state index < -0.39 is 0 Å². The zero-order valence-electron chi connectivity index (χ0n) is 10.9. The summed E-state index contributed by atoms with van der Waals surface area (Å²) in [5.41, 5.74) is 3.50. The maximum Gasteiger partial charge on any atom is 0.143 e. The molecule has 2 aromatic rings. The molecular weight excluding hydrogens is 244 g/mol. The Hall–Kier alpha value is -1.41. The summed E-state index contributed by atoms with van der Waals surface area (Å²) in [5, 5.41) is 0. The molecule has 2 nitrogen and oxygen atoms in total. The maximum atomic E-state index is 5.75. The van der Waals surface area contributed by atoms with Crippen LogP contribution in [0.15, 0.2) is 36.5 Å². The molecule has 2 rings (SSSR count). The Morgan fingerprint density at radius 2 is 1.72 bits per heavy atom. The van der Waals surface area contributed by atoms with Crippen LogP contribution >= 0.6 is 11.6 Å². The molecule has 1 heterocycles. The molecule has 0 aliphatic heterocycles. The molecule has 0 bridgehead atoms. The van der Waals surface area contributed by atoms with Gasteiger partial charge in [0.05, 0.1) is 11.6 Å². The van der Waals surface area contributed by atoms with Crippen molar-refractivity contribution < 1.29 is 0 Å². The zero-order chi connectivity index (χ0) is 13.2. The van der Waals surface area contributed by atoms with E-state index >= 15 is 0 Å². The van der Waals surface area contributed by atoms with Gasteiger partial charge in [-0.25, -0.2) is 9.97 Å². The van der Waals surface area contributed by atoms with E-state index in [0.29, 0.717) is 11.7 Å². The summed E-state index contributed by atoms with van der Waals surface area (Å²) in [7, 11) is 0. The SMILES string of the molecule is CC(C)(C)c1ccc(-c2ccnc(CCl)n2)cc1. The van der Waals surface area contributed by atoms with Gasteiger partial charge < -0.3 is 0 Å². The van der Waals surface area contributed by atoms with E-state index in [-0.39, 0.29) is 5.41 Å². The third kappa shape index (κ3) is 2.88. The van der Waals surface area contributed by atoms with Crippen LogP contribution in [0.5, 0.6) is 0 Å². The molecular formula is C15H17ClN2. The molecule has 0 aliphatic carbocycles. The smallest absolute Gasteiger partial charge is 0.143 e. The number of hydrogen-bond donors (Lipinski definition) is 0. The van der Waals surface area contributed by atoms with Crippen LogP contribution in [0.4, 0.5) is 0 Å². The highest BCUT2D eigenvalue weighted by molar-refractivity contribution is 6.16. The second-order valence-corrected chi connectivity index (χ2v) is 5.59. The Morgan fingerprint density at radius 1 is 1.06 bits per heavy atom. The Kier molecular flexibility index (Phi) is 3.67. The fraction of sp³-hybridized carbons (Fsp3) is 0.333. The highest BCUT2D eigenvalue weighted by Crippen LogP contribution is 2.25. The van der Waals surface area contributed by atoms with Crippen LogP contribution in [0, 0.1) is 0 Å². The van der Waals surface area contributed by atoms with Gasteiger partial charge in [-0.05, 0) is 17.0 Å².